The molecule has 0 saturated carbocycles. The van der Waals surface area contributed by atoms with E-state index in [9.17, 15) is 9.90 Å². The molecule has 0 amide bonds. The molecule has 0 aliphatic carbocycles. The highest BCUT2D eigenvalue weighted by Gasteiger charge is 2.11. The SMILES string of the molecule is C=C(C)C(=O)[O-].CC[N+](C)(C)Cc1ccccc1. The number of rotatable bonds is 4. The van der Waals surface area contributed by atoms with Crippen molar-refractivity contribution in [1.29, 1.82) is 0 Å². The van der Waals surface area contributed by atoms with Crippen molar-refractivity contribution >= 4 is 5.97 Å². The molecular weight excluding hydrogens is 226 g/mol. The highest BCUT2D eigenvalue weighted by atomic mass is 16.4. The molecule has 0 aromatic heterocycles. The van der Waals surface area contributed by atoms with Crippen molar-refractivity contribution in [3.63, 3.8) is 0 Å². The zero-order valence-corrected chi connectivity index (χ0v) is 11.8. The Kier molecular flexibility index (Phi) is 6.98. The van der Waals surface area contributed by atoms with Crippen LogP contribution in [0.25, 0.3) is 0 Å². The molecule has 0 fully saturated rings. The Balaban J connectivity index is 0.000000411. The van der Waals surface area contributed by atoms with Gasteiger partial charge in [-0.1, -0.05) is 36.9 Å². The molecule has 0 bridgehead atoms. The second-order valence-electron chi connectivity index (χ2n) is 4.96. The number of hydrogen-bond donors (Lipinski definition) is 0. The molecule has 0 heterocycles. The van der Waals surface area contributed by atoms with Crippen molar-refractivity contribution in [2.24, 2.45) is 0 Å². The van der Waals surface area contributed by atoms with Crippen molar-refractivity contribution in [3.8, 4) is 0 Å². The van der Waals surface area contributed by atoms with E-state index in [0.29, 0.717) is 0 Å². The maximum Gasteiger partial charge on any atom is 0.104 e. The molecule has 18 heavy (non-hydrogen) atoms. The highest BCUT2D eigenvalue weighted by Crippen LogP contribution is 2.07. The molecule has 100 valence electrons. The van der Waals surface area contributed by atoms with Crippen molar-refractivity contribution in [3.05, 3.63) is 48.0 Å². The van der Waals surface area contributed by atoms with Crippen molar-refractivity contribution in [2.45, 2.75) is 20.4 Å². The number of carbonyl (C=O) groups excluding carboxylic acids is 1. The van der Waals surface area contributed by atoms with Crippen LogP contribution < -0.4 is 5.11 Å². The van der Waals surface area contributed by atoms with Crippen molar-refractivity contribution in [1.82, 2.24) is 0 Å². The molecule has 0 radical (unpaired) electrons. The van der Waals surface area contributed by atoms with Crippen LogP contribution in [0.15, 0.2) is 42.5 Å². The van der Waals surface area contributed by atoms with Crippen LogP contribution in [0.1, 0.15) is 19.4 Å². The van der Waals surface area contributed by atoms with E-state index in [1.54, 1.807) is 0 Å². The third-order valence-electron chi connectivity index (χ3n) is 2.66. The number of carboxylic acids is 1. The topological polar surface area (TPSA) is 40.1 Å². The summed E-state index contributed by atoms with van der Waals surface area (Å²) in [5.41, 5.74) is 1.49. The van der Waals surface area contributed by atoms with Gasteiger partial charge in [0.2, 0.25) is 0 Å². The molecule has 0 spiro atoms. The summed E-state index contributed by atoms with van der Waals surface area (Å²) in [6.45, 7) is 9.00. The van der Waals surface area contributed by atoms with Gasteiger partial charge in [0.05, 0.1) is 26.6 Å². The first kappa shape index (κ1) is 16.4. The zero-order valence-electron chi connectivity index (χ0n) is 11.8. The Bertz CT molecular complexity index is 371. The number of aliphatic carboxylic acids is 1. The average molecular weight is 249 g/mol. The molecule has 1 aromatic rings. The molecule has 1 aromatic carbocycles. The summed E-state index contributed by atoms with van der Waals surface area (Å²) in [6, 6.07) is 10.6. The van der Waals surface area contributed by atoms with Crippen LogP contribution in [-0.2, 0) is 11.3 Å². The van der Waals surface area contributed by atoms with E-state index in [-0.39, 0.29) is 5.57 Å². The molecule has 0 atom stereocenters. The fourth-order valence-electron chi connectivity index (χ4n) is 1.19. The average Bonchev–Trinajstić information content (AvgIpc) is 2.30. The Morgan fingerprint density at radius 1 is 1.28 bits per heavy atom. The Morgan fingerprint density at radius 3 is 2.06 bits per heavy atom. The predicted octanol–water partition coefficient (Wildman–Crippen LogP) is 1.60. The van der Waals surface area contributed by atoms with Crippen LogP contribution in [0.5, 0.6) is 0 Å². The van der Waals surface area contributed by atoms with Crippen LogP contribution in [0.3, 0.4) is 0 Å². The monoisotopic (exact) mass is 249 g/mol. The normalized spacial score (nSPS) is 10.2. The summed E-state index contributed by atoms with van der Waals surface area (Å²) in [4.78, 5) is 9.49. The number of carbonyl (C=O) groups is 1. The van der Waals surface area contributed by atoms with Gasteiger partial charge >= 0.3 is 0 Å². The lowest BCUT2D eigenvalue weighted by atomic mass is 10.2. The standard InChI is InChI=1S/C11H18N.C4H6O2/c1-4-12(2,3)10-11-8-6-5-7-9-11;1-3(2)4(5)6/h5-9H,4,10H2,1-3H3;1H2,2H3,(H,5,6)/q+1;/p-1. The van der Waals surface area contributed by atoms with Gasteiger partial charge in [0.1, 0.15) is 6.54 Å². The van der Waals surface area contributed by atoms with E-state index in [4.69, 9.17) is 0 Å². The maximum atomic E-state index is 9.49. The maximum absolute atomic E-state index is 9.49. The highest BCUT2D eigenvalue weighted by molar-refractivity contribution is 5.82. The first-order chi connectivity index (χ1) is 8.28. The van der Waals surface area contributed by atoms with Gasteiger partial charge in [-0.15, -0.1) is 0 Å². The lowest BCUT2D eigenvalue weighted by molar-refractivity contribution is -0.901. The van der Waals surface area contributed by atoms with E-state index in [1.807, 2.05) is 0 Å². The molecule has 0 aliphatic heterocycles. The summed E-state index contributed by atoms with van der Waals surface area (Å²) in [5.74, 6) is -1.19. The molecule has 0 saturated heterocycles. The Hall–Kier alpha value is -1.61. The van der Waals surface area contributed by atoms with Gasteiger partial charge in [-0.2, -0.15) is 0 Å². The minimum atomic E-state index is -1.19. The van der Waals surface area contributed by atoms with E-state index in [2.05, 4.69) is 57.9 Å². The third-order valence-corrected chi connectivity index (χ3v) is 2.66. The van der Waals surface area contributed by atoms with Crippen molar-refractivity contribution in [2.75, 3.05) is 20.6 Å². The number of nitrogens with zero attached hydrogens (tertiary/aromatic N) is 1. The van der Waals surface area contributed by atoms with Crippen LogP contribution >= 0.6 is 0 Å². The second-order valence-corrected chi connectivity index (χ2v) is 4.96. The summed E-state index contributed by atoms with van der Waals surface area (Å²) >= 11 is 0. The van der Waals surface area contributed by atoms with Crippen LogP contribution in [0.4, 0.5) is 0 Å². The number of carboxylic acid groups (broad SMARTS) is 1. The Morgan fingerprint density at radius 2 is 1.72 bits per heavy atom. The smallest absolute Gasteiger partial charge is 0.104 e. The molecule has 3 heteroatoms. The first-order valence-corrected chi connectivity index (χ1v) is 6.01. The van der Waals surface area contributed by atoms with Gasteiger partial charge in [0.25, 0.3) is 0 Å². The van der Waals surface area contributed by atoms with E-state index < -0.39 is 5.97 Å². The molecule has 1 rings (SSSR count). The van der Waals surface area contributed by atoms with Crippen LogP contribution in [-0.4, -0.2) is 31.1 Å². The first-order valence-electron chi connectivity index (χ1n) is 6.01. The number of quaternary nitrogens is 1. The van der Waals surface area contributed by atoms with Gasteiger partial charge in [0.15, 0.2) is 0 Å². The van der Waals surface area contributed by atoms with Crippen LogP contribution in [0.2, 0.25) is 0 Å². The lowest BCUT2D eigenvalue weighted by Gasteiger charge is -2.28. The zero-order chi connectivity index (χ0) is 14.2. The fraction of sp³-hybridized carbons (Fsp3) is 0.400. The Labute approximate surface area is 110 Å². The van der Waals surface area contributed by atoms with Gasteiger partial charge in [0, 0.05) is 5.56 Å². The summed E-state index contributed by atoms with van der Waals surface area (Å²) in [5, 5.41) is 9.49. The fourth-order valence-corrected chi connectivity index (χ4v) is 1.19. The van der Waals surface area contributed by atoms with E-state index in [0.717, 1.165) is 11.0 Å². The molecule has 3 nitrogen and oxygen atoms in total. The van der Waals surface area contributed by atoms with Crippen LogP contribution in [0, 0.1) is 0 Å². The van der Waals surface area contributed by atoms with Gasteiger partial charge in [-0.3, -0.25) is 0 Å². The molecule has 0 N–H and O–H groups in total. The van der Waals surface area contributed by atoms with Gasteiger partial charge in [-0.05, 0) is 19.4 Å². The summed E-state index contributed by atoms with van der Waals surface area (Å²) < 4.78 is 1.06. The molecular formula is C15H23NO2. The van der Waals surface area contributed by atoms with Gasteiger partial charge < -0.3 is 14.4 Å². The minimum absolute atomic E-state index is 0.0648. The largest absolute Gasteiger partial charge is 0.545 e. The minimum Gasteiger partial charge on any atom is -0.545 e. The van der Waals surface area contributed by atoms with E-state index in [1.165, 1.54) is 19.0 Å². The molecule has 0 aliphatic rings. The van der Waals surface area contributed by atoms with Crippen molar-refractivity contribution < 1.29 is 14.4 Å². The second kappa shape index (κ2) is 7.67. The predicted molar refractivity (Wildman–Crippen MR) is 72.6 cm³/mol. The number of benzene rings is 1. The van der Waals surface area contributed by atoms with E-state index >= 15 is 0 Å². The molecule has 0 unspecified atom stereocenters. The summed E-state index contributed by atoms with van der Waals surface area (Å²) in [6.07, 6.45) is 0. The quantitative estimate of drug-likeness (QED) is 0.600. The summed E-state index contributed by atoms with van der Waals surface area (Å²) in [7, 11) is 4.51. The van der Waals surface area contributed by atoms with Gasteiger partial charge in [-0.25, -0.2) is 0 Å². The third kappa shape index (κ3) is 7.63. The number of hydrogen-bond acceptors (Lipinski definition) is 2. The lowest BCUT2D eigenvalue weighted by Crippen LogP contribution is -2.38.